The van der Waals surface area contributed by atoms with Gasteiger partial charge in [0.25, 0.3) is 0 Å². The Labute approximate surface area is 343 Å². The molecule has 0 atom stereocenters. The summed E-state index contributed by atoms with van der Waals surface area (Å²) in [5.74, 6) is 4.36. The summed E-state index contributed by atoms with van der Waals surface area (Å²) >= 11 is 1.87. The Balaban J connectivity index is 0.000000500. The first kappa shape index (κ1) is 40.9. The van der Waals surface area contributed by atoms with E-state index in [1.54, 1.807) is 0 Å². The summed E-state index contributed by atoms with van der Waals surface area (Å²) in [5.41, 5.74) is 9.93. The molecule has 6 aromatic carbocycles. The van der Waals surface area contributed by atoms with Crippen molar-refractivity contribution < 1.29 is 32.7 Å². The van der Waals surface area contributed by atoms with E-state index in [0.29, 0.717) is 0 Å². The minimum absolute atomic E-state index is 0. The van der Waals surface area contributed by atoms with Crippen molar-refractivity contribution in [3.63, 3.8) is 0 Å². The maximum absolute atomic E-state index is 4.46. The Bertz CT molecular complexity index is 2270. The van der Waals surface area contributed by atoms with Gasteiger partial charge in [-0.3, -0.25) is 0 Å². The van der Waals surface area contributed by atoms with Gasteiger partial charge in [-0.25, -0.2) is 11.1 Å². The van der Waals surface area contributed by atoms with Crippen molar-refractivity contribution in [3.05, 3.63) is 199 Å². The van der Waals surface area contributed by atoms with Crippen LogP contribution in [-0.4, -0.2) is 6.72 Å². The standard InChI is InChI=1S/C39H32N2S.C7H8.CH4N2.Y/c1-3-4-6-14-28(2)38-31(26-40-27-32-19-12-22-35-34-21-9-10-24-37(34)42-39(32)35)18-13-23-36(38)41-33-20-11-17-30(25-33)29-15-7-5-8-16-29;1-7-5-3-2-4-6-7;1-3-2;/h3-15,18-25,40-41H,2,26-27H2,1H3;2-6H,1H3;1-2H2;/q-2;;;/b4-3-,14-6-;;;. The largest absolute Gasteiger partial charge is 0.373 e. The third-order valence-corrected chi connectivity index (χ3v) is 9.47. The SMILES string of the molecule is C=C(/C=C\C=C/C)c1c(CNCc2cccc3c2sc2ccccc23)cccc1Nc1cc[c-]c(-c2[c-]cccc2)c1.C=NN.Cc1ccccc1.[Y]. The summed E-state index contributed by atoms with van der Waals surface area (Å²) in [6.45, 7) is 13.0. The zero-order valence-electron chi connectivity index (χ0n) is 30.3. The summed E-state index contributed by atoms with van der Waals surface area (Å²) in [4.78, 5) is 0. The Morgan fingerprint density at radius 2 is 1.45 bits per heavy atom. The molecule has 0 saturated carbocycles. The molecule has 7 rings (SSSR count). The molecule has 0 bridgehead atoms. The summed E-state index contributed by atoms with van der Waals surface area (Å²) in [5, 5.41) is 12.8. The van der Waals surface area contributed by atoms with Gasteiger partial charge in [0.15, 0.2) is 0 Å². The fourth-order valence-corrected chi connectivity index (χ4v) is 7.04. The van der Waals surface area contributed by atoms with Crippen LogP contribution in [0.15, 0.2) is 169 Å². The molecule has 1 radical (unpaired) electrons. The Morgan fingerprint density at radius 3 is 2.19 bits per heavy atom. The molecule has 0 spiro atoms. The number of fused-ring (bicyclic) bond motifs is 3. The molecule has 0 fully saturated rings. The molecule has 0 saturated heterocycles. The number of rotatable bonds is 10. The summed E-state index contributed by atoms with van der Waals surface area (Å²) in [7, 11) is 0. The number of thiophene rings is 1. The van der Waals surface area contributed by atoms with Gasteiger partial charge in [0, 0.05) is 83.9 Å². The molecule has 7 aromatic rings. The number of nitrogens with two attached hydrogens (primary N) is 1. The molecule has 0 unspecified atom stereocenters. The molecule has 6 heteroatoms. The van der Waals surface area contributed by atoms with Crippen LogP contribution in [0.1, 0.15) is 29.2 Å². The normalized spacial score (nSPS) is 10.6. The number of anilines is 2. The van der Waals surface area contributed by atoms with Crippen molar-refractivity contribution in [2.24, 2.45) is 10.9 Å². The third-order valence-electron chi connectivity index (χ3n) is 8.21. The third kappa shape index (κ3) is 11.5. The van der Waals surface area contributed by atoms with Gasteiger partial charge in [-0.15, -0.1) is 23.5 Å². The van der Waals surface area contributed by atoms with Gasteiger partial charge in [0.1, 0.15) is 0 Å². The second-order valence-corrected chi connectivity index (χ2v) is 13.0. The number of hydrogen-bond donors (Lipinski definition) is 3. The van der Waals surface area contributed by atoms with Crippen LogP contribution in [0.2, 0.25) is 0 Å². The number of hydrogen-bond acceptors (Lipinski definition) is 5. The first-order valence-electron chi connectivity index (χ1n) is 17.2. The summed E-state index contributed by atoms with van der Waals surface area (Å²) in [6.07, 6.45) is 8.17. The maximum atomic E-state index is 4.46. The molecule has 53 heavy (non-hydrogen) atoms. The number of aryl methyl sites for hydroxylation is 1. The van der Waals surface area contributed by atoms with E-state index in [9.17, 15) is 0 Å². The topological polar surface area (TPSA) is 62.4 Å². The van der Waals surface area contributed by atoms with E-state index in [1.165, 1.54) is 36.9 Å². The van der Waals surface area contributed by atoms with Crippen molar-refractivity contribution in [1.82, 2.24) is 5.32 Å². The smallest absolute Gasteiger partial charge is 0.0453 e. The molecule has 1 aromatic heterocycles. The molecule has 0 aliphatic carbocycles. The van der Waals surface area contributed by atoms with Gasteiger partial charge in [0.05, 0.1) is 0 Å². The molecule has 0 aliphatic heterocycles. The molecule has 1 heterocycles. The van der Waals surface area contributed by atoms with E-state index in [-0.39, 0.29) is 32.7 Å². The molecular formula is C47H44N4SY-2. The Hall–Kier alpha value is -4.91. The van der Waals surface area contributed by atoms with Crippen LogP contribution in [0.5, 0.6) is 0 Å². The van der Waals surface area contributed by atoms with Gasteiger partial charge in [0.2, 0.25) is 0 Å². The second-order valence-electron chi connectivity index (χ2n) is 12.0. The van der Waals surface area contributed by atoms with Crippen LogP contribution in [-0.2, 0) is 45.8 Å². The van der Waals surface area contributed by atoms with Gasteiger partial charge in [-0.2, -0.15) is 47.6 Å². The molecular weight excluding hydrogens is 742 g/mol. The molecule has 4 N–H and O–H groups in total. The van der Waals surface area contributed by atoms with Gasteiger partial charge in [-0.05, 0) is 42.7 Å². The second kappa shape index (κ2) is 21.6. The fourth-order valence-electron chi connectivity index (χ4n) is 5.82. The first-order chi connectivity index (χ1) is 25.5. The minimum atomic E-state index is 0. The summed E-state index contributed by atoms with van der Waals surface area (Å²) < 4.78 is 2.69. The molecule has 0 aliphatic rings. The van der Waals surface area contributed by atoms with E-state index in [1.807, 2.05) is 85.0 Å². The molecule has 4 nitrogen and oxygen atoms in total. The van der Waals surface area contributed by atoms with Gasteiger partial charge in [-0.1, -0.05) is 121 Å². The quantitative estimate of drug-likeness (QED) is 0.0425. The van der Waals surface area contributed by atoms with Gasteiger partial charge >= 0.3 is 0 Å². The zero-order chi connectivity index (χ0) is 36.5. The van der Waals surface area contributed by atoms with Crippen LogP contribution in [0, 0.1) is 19.1 Å². The van der Waals surface area contributed by atoms with Crippen LogP contribution in [0.4, 0.5) is 11.4 Å². The maximum Gasteiger partial charge on any atom is 0.0453 e. The van der Waals surface area contributed by atoms with Crippen molar-refractivity contribution in [2.45, 2.75) is 26.9 Å². The van der Waals surface area contributed by atoms with E-state index in [2.05, 4.69) is 145 Å². The van der Waals surface area contributed by atoms with Crippen LogP contribution in [0.25, 0.3) is 36.9 Å². The number of nitrogens with one attached hydrogen (secondary N) is 2. The zero-order valence-corrected chi connectivity index (χ0v) is 34.0. The average Bonchev–Trinajstić information content (AvgIpc) is 3.56. The fraction of sp³-hybridized carbons (Fsp3) is 0.0851. The van der Waals surface area contributed by atoms with E-state index in [4.69, 9.17) is 0 Å². The Morgan fingerprint density at radius 1 is 0.774 bits per heavy atom. The number of hydrazone groups is 1. The first-order valence-corrected chi connectivity index (χ1v) is 18.0. The predicted molar refractivity (Wildman–Crippen MR) is 227 cm³/mol. The van der Waals surface area contributed by atoms with Crippen molar-refractivity contribution >= 4 is 55.2 Å². The minimum Gasteiger partial charge on any atom is -0.373 e. The number of benzene rings is 6. The number of nitrogens with zero attached hydrogens (tertiary/aromatic N) is 1. The predicted octanol–water partition coefficient (Wildman–Crippen LogP) is 12.1. The Kier molecular flexibility index (Phi) is 16.6. The van der Waals surface area contributed by atoms with Gasteiger partial charge < -0.3 is 16.5 Å². The van der Waals surface area contributed by atoms with Crippen molar-refractivity contribution in [3.8, 4) is 11.1 Å². The number of allylic oxidation sites excluding steroid dienone is 5. The molecule has 0 amide bonds. The van der Waals surface area contributed by atoms with E-state index >= 15 is 0 Å². The van der Waals surface area contributed by atoms with Crippen molar-refractivity contribution in [1.29, 1.82) is 0 Å². The monoisotopic (exact) mass is 785 g/mol. The van der Waals surface area contributed by atoms with Crippen molar-refractivity contribution in [2.75, 3.05) is 5.32 Å². The van der Waals surface area contributed by atoms with Crippen LogP contribution in [0.3, 0.4) is 0 Å². The van der Waals surface area contributed by atoms with Crippen LogP contribution >= 0.6 is 11.3 Å². The molecule has 263 valence electrons. The van der Waals surface area contributed by atoms with E-state index < -0.39 is 0 Å². The summed E-state index contributed by atoms with van der Waals surface area (Å²) in [6, 6.07) is 52.7. The van der Waals surface area contributed by atoms with E-state index in [0.717, 1.165) is 46.7 Å². The average molecular weight is 786 g/mol. The van der Waals surface area contributed by atoms with Crippen LogP contribution < -0.4 is 16.5 Å².